The lowest BCUT2D eigenvalue weighted by atomic mass is 10.2. The molecule has 0 N–H and O–H groups in total. The van der Waals surface area contributed by atoms with Crippen LogP contribution in [0, 0.1) is 6.92 Å². The van der Waals surface area contributed by atoms with Crippen LogP contribution in [0.15, 0.2) is 86.5 Å². The first-order valence-electron chi connectivity index (χ1n) is 10.5. The quantitative estimate of drug-likeness (QED) is 0.282. The van der Waals surface area contributed by atoms with Gasteiger partial charge in [-0.25, -0.2) is 9.67 Å². The Bertz CT molecular complexity index is 1590. The van der Waals surface area contributed by atoms with Crippen LogP contribution in [0.1, 0.15) is 11.3 Å². The third-order valence-corrected chi connectivity index (χ3v) is 7.10. The molecule has 0 aliphatic heterocycles. The molecule has 6 nitrogen and oxygen atoms in total. The second-order valence-corrected chi connectivity index (χ2v) is 9.40. The predicted octanol–water partition coefficient (Wildman–Crippen LogP) is 6.19. The summed E-state index contributed by atoms with van der Waals surface area (Å²) in [5, 5.41) is 3.10. The molecule has 5 rings (SSSR count). The number of furan rings is 1. The van der Waals surface area contributed by atoms with Crippen molar-refractivity contribution in [1.82, 2.24) is 13.9 Å². The van der Waals surface area contributed by atoms with Crippen LogP contribution in [0.2, 0.25) is 10.0 Å². The van der Waals surface area contributed by atoms with E-state index in [0.29, 0.717) is 32.8 Å². The van der Waals surface area contributed by atoms with E-state index in [9.17, 15) is 4.79 Å². The summed E-state index contributed by atoms with van der Waals surface area (Å²) in [7, 11) is 1.85. The summed E-state index contributed by atoms with van der Waals surface area (Å²) < 4.78 is 11.1. The highest BCUT2D eigenvalue weighted by molar-refractivity contribution is 7.07. The highest BCUT2D eigenvalue weighted by atomic mass is 35.5. The Balaban J connectivity index is 1.70. The van der Waals surface area contributed by atoms with Crippen LogP contribution >= 0.6 is 34.5 Å². The second kappa shape index (κ2) is 9.18. The van der Waals surface area contributed by atoms with Gasteiger partial charge in [-0.2, -0.15) is 0 Å². The van der Waals surface area contributed by atoms with Gasteiger partial charge in [0.05, 0.1) is 29.9 Å². The van der Waals surface area contributed by atoms with Crippen molar-refractivity contribution in [2.24, 2.45) is 12.0 Å². The maximum absolute atomic E-state index is 13.4. The fourth-order valence-corrected chi connectivity index (χ4v) is 5.16. The molecule has 0 saturated heterocycles. The van der Waals surface area contributed by atoms with E-state index >= 15 is 0 Å². The average molecular weight is 511 g/mol. The summed E-state index contributed by atoms with van der Waals surface area (Å²) in [5.74, 6) is 0.703. The summed E-state index contributed by atoms with van der Waals surface area (Å²) >= 11 is 14.0. The highest BCUT2D eigenvalue weighted by Crippen LogP contribution is 2.26. The number of para-hydroxylation sites is 1. The lowest BCUT2D eigenvalue weighted by molar-refractivity contribution is 0.573. The van der Waals surface area contributed by atoms with Crippen LogP contribution in [0.4, 0.5) is 5.69 Å². The van der Waals surface area contributed by atoms with Gasteiger partial charge in [0.25, 0.3) is 5.56 Å². The molecular weight excluding hydrogens is 491 g/mol. The van der Waals surface area contributed by atoms with Crippen molar-refractivity contribution in [1.29, 1.82) is 0 Å². The molecule has 5 aromatic rings. The average Bonchev–Trinajstić information content (AvgIpc) is 3.53. The standard InChI is InChI=1S/C25H20Cl2N4O2S/c1-16-23(24(32)31(29(16)2)19-7-4-3-5-8-19)28-25-30(14-17-10-11-18(26)13-20(17)27)21(15-34-25)22-9-6-12-33-22/h3-13,15H,14H2,1-2H3. The van der Waals surface area contributed by atoms with E-state index in [2.05, 4.69) is 0 Å². The van der Waals surface area contributed by atoms with Crippen LogP contribution in [0.25, 0.3) is 17.1 Å². The smallest absolute Gasteiger partial charge is 0.297 e. The molecule has 0 fully saturated rings. The van der Waals surface area contributed by atoms with Gasteiger partial charge in [-0.05, 0) is 48.9 Å². The first-order valence-corrected chi connectivity index (χ1v) is 12.1. The lowest BCUT2D eigenvalue weighted by Crippen LogP contribution is -2.20. The minimum absolute atomic E-state index is 0.185. The Hall–Kier alpha value is -3.26. The number of hydrogen-bond acceptors (Lipinski definition) is 4. The maximum atomic E-state index is 13.4. The van der Waals surface area contributed by atoms with Gasteiger partial charge in [-0.3, -0.25) is 9.48 Å². The number of nitrogens with zero attached hydrogens (tertiary/aromatic N) is 4. The Morgan fingerprint density at radius 3 is 2.56 bits per heavy atom. The summed E-state index contributed by atoms with van der Waals surface area (Å²) in [4.78, 5) is 18.9. The molecule has 3 aromatic heterocycles. The van der Waals surface area contributed by atoms with Crippen LogP contribution < -0.4 is 10.4 Å². The van der Waals surface area contributed by atoms with E-state index in [-0.39, 0.29) is 5.56 Å². The van der Waals surface area contributed by atoms with Gasteiger partial charge in [0.15, 0.2) is 16.2 Å². The molecule has 9 heteroatoms. The van der Waals surface area contributed by atoms with Crippen LogP contribution in [-0.2, 0) is 13.6 Å². The summed E-state index contributed by atoms with van der Waals surface area (Å²) in [5.41, 5.74) is 3.47. The second-order valence-electron chi connectivity index (χ2n) is 7.72. The molecule has 0 saturated carbocycles. The van der Waals surface area contributed by atoms with E-state index in [1.165, 1.54) is 11.3 Å². The molecule has 2 aromatic carbocycles. The predicted molar refractivity (Wildman–Crippen MR) is 137 cm³/mol. The SMILES string of the molecule is Cc1c(N=c2scc(-c3ccco3)n2Cc2ccc(Cl)cc2Cl)c(=O)n(-c2ccccc2)n1C. The molecule has 3 heterocycles. The van der Waals surface area contributed by atoms with E-state index in [0.717, 1.165) is 22.6 Å². The maximum Gasteiger partial charge on any atom is 0.297 e. The topological polar surface area (TPSA) is 57.4 Å². The number of thiazole rings is 1. The Kier molecular flexibility index (Phi) is 6.08. The highest BCUT2D eigenvalue weighted by Gasteiger charge is 2.18. The molecule has 0 atom stereocenters. The van der Waals surface area contributed by atoms with Crippen molar-refractivity contribution in [3.8, 4) is 17.1 Å². The van der Waals surface area contributed by atoms with E-state index < -0.39 is 0 Å². The first-order chi connectivity index (χ1) is 16.4. The number of benzene rings is 2. The molecular formula is C25H20Cl2N4O2S. The van der Waals surface area contributed by atoms with Crippen molar-refractivity contribution in [3.63, 3.8) is 0 Å². The molecule has 0 amide bonds. The van der Waals surface area contributed by atoms with Gasteiger partial charge in [0.1, 0.15) is 0 Å². The molecule has 0 unspecified atom stereocenters. The van der Waals surface area contributed by atoms with E-state index in [4.69, 9.17) is 32.6 Å². The molecule has 172 valence electrons. The zero-order chi connectivity index (χ0) is 23.8. The van der Waals surface area contributed by atoms with Gasteiger partial charge in [-0.15, -0.1) is 11.3 Å². The third kappa shape index (κ3) is 4.07. The van der Waals surface area contributed by atoms with E-state index in [1.807, 2.05) is 77.1 Å². The van der Waals surface area contributed by atoms with Crippen LogP contribution in [0.3, 0.4) is 0 Å². The summed E-state index contributed by atoms with van der Waals surface area (Å²) in [6, 6.07) is 18.7. The Labute approximate surface area is 209 Å². The Morgan fingerprint density at radius 2 is 1.85 bits per heavy atom. The van der Waals surface area contributed by atoms with Gasteiger partial charge in [0, 0.05) is 22.5 Å². The number of halogens is 2. The van der Waals surface area contributed by atoms with Gasteiger partial charge < -0.3 is 8.98 Å². The van der Waals surface area contributed by atoms with Crippen LogP contribution in [0.5, 0.6) is 0 Å². The molecule has 0 bridgehead atoms. The van der Waals surface area contributed by atoms with Gasteiger partial charge >= 0.3 is 0 Å². The summed E-state index contributed by atoms with van der Waals surface area (Å²) in [6.07, 6.45) is 1.63. The third-order valence-electron chi connectivity index (χ3n) is 5.65. The summed E-state index contributed by atoms with van der Waals surface area (Å²) in [6.45, 7) is 2.33. The monoisotopic (exact) mass is 510 g/mol. The van der Waals surface area contributed by atoms with Crippen molar-refractivity contribution < 1.29 is 4.42 Å². The largest absolute Gasteiger partial charge is 0.463 e. The van der Waals surface area contributed by atoms with Crippen molar-refractivity contribution in [2.45, 2.75) is 13.5 Å². The van der Waals surface area contributed by atoms with Gasteiger partial charge in [-0.1, -0.05) is 47.5 Å². The van der Waals surface area contributed by atoms with Crippen molar-refractivity contribution in [3.05, 3.63) is 109 Å². The minimum Gasteiger partial charge on any atom is -0.463 e. The Morgan fingerprint density at radius 1 is 1.06 bits per heavy atom. The number of aromatic nitrogens is 3. The zero-order valence-corrected chi connectivity index (χ0v) is 20.7. The molecule has 0 aliphatic rings. The molecule has 0 spiro atoms. The number of hydrogen-bond donors (Lipinski definition) is 0. The lowest BCUT2D eigenvalue weighted by Gasteiger charge is -2.09. The molecule has 34 heavy (non-hydrogen) atoms. The minimum atomic E-state index is -0.185. The molecule has 0 aliphatic carbocycles. The zero-order valence-electron chi connectivity index (χ0n) is 18.4. The van der Waals surface area contributed by atoms with Crippen molar-refractivity contribution >= 4 is 40.2 Å². The molecule has 0 radical (unpaired) electrons. The van der Waals surface area contributed by atoms with Crippen LogP contribution in [-0.4, -0.2) is 13.9 Å². The number of rotatable bonds is 5. The fourth-order valence-electron chi connectivity index (χ4n) is 3.79. The fraction of sp³-hybridized carbons (Fsp3) is 0.120. The first kappa shape index (κ1) is 22.5. The normalized spacial score (nSPS) is 11.9. The van der Waals surface area contributed by atoms with Crippen molar-refractivity contribution in [2.75, 3.05) is 0 Å². The van der Waals surface area contributed by atoms with Gasteiger partial charge in [0.2, 0.25) is 0 Å². The van der Waals surface area contributed by atoms with E-state index in [1.54, 1.807) is 23.1 Å².